The van der Waals surface area contributed by atoms with Crippen molar-refractivity contribution in [1.82, 2.24) is 0 Å². The van der Waals surface area contributed by atoms with E-state index in [1.165, 1.54) is 6.92 Å². The van der Waals surface area contributed by atoms with Crippen LogP contribution in [0.2, 0.25) is 0 Å². The first kappa shape index (κ1) is 19.6. The third kappa shape index (κ3) is 4.57. The fourth-order valence-electron chi connectivity index (χ4n) is 3.11. The molecule has 0 spiro atoms. The van der Waals surface area contributed by atoms with E-state index in [0.29, 0.717) is 24.4 Å². The Balaban J connectivity index is 1.61. The SMILES string of the molecule is CCCOc1ccc(N2CC(C(=O)Nc3ccc(C(C)=O)cc3)CC2=O)cc1. The number of rotatable bonds is 7. The lowest BCUT2D eigenvalue weighted by Gasteiger charge is -2.17. The van der Waals surface area contributed by atoms with Crippen LogP contribution in [0.4, 0.5) is 11.4 Å². The fraction of sp³-hybridized carbons (Fsp3) is 0.318. The molecule has 28 heavy (non-hydrogen) atoms. The second-order valence-electron chi connectivity index (χ2n) is 6.87. The lowest BCUT2D eigenvalue weighted by molar-refractivity contribution is -0.122. The number of carbonyl (C=O) groups is 3. The summed E-state index contributed by atoms with van der Waals surface area (Å²) in [4.78, 5) is 37.9. The van der Waals surface area contributed by atoms with Crippen molar-refractivity contribution in [1.29, 1.82) is 0 Å². The Hall–Kier alpha value is -3.15. The van der Waals surface area contributed by atoms with E-state index in [9.17, 15) is 14.4 Å². The summed E-state index contributed by atoms with van der Waals surface area (Å²) in [6.07, 6.45) is 1.10. The van der Waals surface area contributed by atoms with E-state index in [-0.39, 0.29) is 24.0 Å². The van der Waals surface area contributed by atoms with Crippen molar-refractivity contribution in [3.8, 4) is 5.75 Å². The second-order valence-corrected chi connectivity index (χ2v) is 6.87. The summed E-state index contributed by atoms with van der Waals surface area (Å²) in [7, 11) is 0. The molecule has 0 saturated carbocycles. The first-order valence-electron chi connectivity index (χ1n) is 9.43. The highest BCUT2D eigenvalue weighted by atomic mass is 16.5. The molecule has 1 heterocycles. The van der Waals surface area contributed by atoms with Crippen molar-refractivity contribution >= 4 is 29.0 Å². The lowest BCUT2D eigenvalue weighted by Crippen LogP contribution is -2.28. The normalized spacial score (nSPS) is 16.1. The van der Waals surface area contributed by atoms with Crippen molar-refractivity contribution in [3.63, 3.8) is 0 Å². The first-order chi connectivity index (χ1) is 13.5. The average Bonchev–Trinajstić information content (AvgIpc) is 3.09. The first-order valence-corrected chi connectivity index (χ1v) is 9.43. The minimum absolute atomic E-state index is 0.0268. The van der Waals surface area contributed by atoms with Crippen LogP contribution in [0.15, 0.2) is 48.5 Å². The number of ketones is 1. The Morgan fingerprint density at radius 2 is 1.79 bits per heavy atom. The number of nitrogens with one attached hydrogen (secondary N) is 1. The molecule has 0 aliphatic carbocycles. The van der Waals surface area contributed by atoms with E-state index in [1.807, 2.05) is 31.2 Å². The van der Waals surface area contributed by atoms with Crippen molar-refractivity contribution in [2.45, 2.75) is 26.7 Å². The van der Waals surface area contributed by atoms with Gasteiger partial charge in [0.05, 0.1) is 12.5 Å². The average molecular weight is 380 g/mol. The Labute approximate surface area is 164 Å². The van der Waals surface area contributed by atoms with Gasteiger partial charge in [-0.1, -0.05) is 6.92 Å². The summed E-state index contributed by atoms with van der Waals surface area (Å²) in [5, 5.41) is 2.83. The van der Waals surface area contributed by atoms with Crippen LogP contribution >= 0.6 is 0 Å². The molecule has 1 fully saturated rings. The third-order valence-corrected chi connectivity index (χ3v) is 4.68. The Morgan fingerprint density at radius 3 is 2.39 bits per heavy atom. The van der Waals surface area contributed by atoms with Crippen molar-refractivity contribution < 1.29 is 19.1 Å². The summed E-state index contributed by atoms with van der Waals surface area (Å²) in [6, 6.07) is 14.1. The van der Waals surface area contributed by atoms with Gasteiger partial charge in [-0.05, 0) is 61.9 Å². The number of benzene rings is 2. The Morgan fingerprint density at radius 1 is 1.11 bits per heavy atom. The van der Waals surface area contributed by atoms with Crippen LogP contribution in [-0.2, 0) is 9.59 Å². The Kier molecular flexibility index (Phi) is 6.09. The van der Waals surface area contributed by atoms with Crippen LogP contribution < -0.4 is 15.0 Å². The zero-order valence-corrected chi connectivity index (χ0v) is 16.1. The largest absolute Gasteiger partial charge is 0.494 e. The number of carbonyl (C=O) groups excluding carboxylic acids is 3. The van der Waals surface area contributed by atoms with E-state index in [4.69, 9.17) is 4.74 Å². The molecule has 146 valence electrons. The highest BCUT2D eigenvalue weighted by Gasteiger charge is 2.35. The maximum absolute atomic E-state index is 12.6. The molecular weight excluding hydrogens is 356 g/mol. The van der Waals surface area contributed by atoms with Gasteiger partial charge in [0, 0.05) is 29.9 Å². The predicted molar refractivity (Wildman–Crippen MR) is 108 cm³/mol. The van der Waals surface area contributed by atoms with Crippen LogP contribution in [-0.4, -0.2) is 30.7 Å². The fourth-order valence-corrected chi connectivity index (χ4v) is 3.11. The number of anilines is 2. The standard InChI is InChI=1S/C22H24N2O4/c1-3-12-28-20-10-8-19(9-11-20)24-14-17(13-21(24)26)22(27)23-18-6-4-16(5-7-18)15(2)25/h4-11,17H,3,12-14H2,1-2H3,(H,23,27). The van der Waals surface area contributed by atoms with Gasteiger partial charge in [0.25, 0.3) is 0 Å². The van der Waals surface area contributed by atoms with Gasteiger partial charge in [0.2, 0.25) is 11.8 Å². The molecule has 2 aromatic carbocycles. The van der Waals surface area contributed by atoms with Gasteiger partial charge in [0.15, 0.2) is 5.78 Å². The maximum atomic E-state index is 12.6. The summed E-state index contributed by atoms with van der Waals surface area (Å²) in [6.45, 7) is 4.53. The van der Waals surface area contributed by atoms with Gasteiger partial charge in [0.1, 0.15) is 5.75 Å². The highest BCUT2D eigenvalue weighted by molar-refractivity contribution is 6.03. The van der Waals surface area contributed by atoms with E-state index in [1.54, 1.807) is 29.2 Å². The van der Waals surface area contributed by atoms with Crippen LogP contribution in [0, 0.1) is 5.92 Å². The van der Waals surface area contributed by atoms with Crippen LogP contribution in [0.5, 0.6) is 5.75 Å². The highest BCUT2D eigenvalue weighted by Crippen LogP contribution is 2.27. The third-order valence-electron chi connectivity index (χ3n) is 4.68. The maximum Gasteiger partial charge on any atom is 0.229 e. The zero-order chi connectivity index (χ0) is 20.1. The molecule has 1 aliphatic heterocycles. The molecule has 2 aromatic rings. The van der Waals surface area contributed by atoms with Gasteiger partial charge < -0.3 is 15.0 Å². The van der Waals surface area contributed by atoms with Crippen molar-refractivity contribution in [2.24, 2.45) is 5.92 Å². The molecule has 1 unspecified atom stereocenters. The molecule has 0 bridgehead atoms. The predicted octanol–water partition coefficient (Wildman–Crippen LogP) is 3.67. The van der Waals surface area contributed by atoms with Crippen LogP contribution in [0.1, 0.15) is 37.0 Å². The van der Waals surface area contributed by atoms with E-state index in [0.717, 1.165) is 17.9 Å². The second kappa shape index (κ2) is 8.69. The Bertz CT molecular complexity index is 859. The summed E-state index contributed by atoms with van der Waals surface area (Å²) < 4.78 is 5.56. The lowest BCUT2D eigenvalue weighted by atomic mass is 10.1. The van der Waals surface area contributed by atoms with Crippen molar-refractivity contribution in [3.05, 3.63) is 54.1 Å². The zero-order valence-electron chi connectivity index (χ0n) is 16.1. The molecule has 1 N–H and O–H groups in total. The van der Waals surface area contributed by atoms with E-state index < -0.39 is 5.92 Å². The van der Waals surface area contributed by atoms with Gasteiger partial charge in [-0.3, -0.25) is 14.4 Å². The van der Waals surface area contributed by atoms with Gasteiger partial charge in [-0.25, -0.2) is 0 Å². The number of ether oxygens (including phenoxy) is 1. The number of amides is 2. The van der Waals surface area contributed by atoms with Gasteiger partial charge in [-0.2, -0.15) is 0 Å². The minimum Gasteiger partial charge on any atom is -0.494 e. The van der Waals surface area contributed by atoms with E-state index in [2.05, 4.69) is 5.32 Å². The van der Waals surface area contributed by atoms with Crippen molar-refractivity contribution in [2.75, 3.05) is 23.4 Å². The summed E-state index contributed by atoms with van der Waals surface area (Å²) in [5.74, 6) is 0.0428. The monoisotopic (exact) mass is 380 g/mol. The van der Waals surface area contributed by atoms with Gasteiger partial charge >= 0.3 is 0 Å². The minimum atomic E-state index is -0.420. The van der Waals surface area contributed by atoms with E-state index >= 15 is 0 Å². The molecule has 0 radical (unpaired) electrons. The molecule has 0 aromatic heterocycles. The van der Waals surface area contributed by atoms with Gasteiger partial charge in [-0.15, -0.1) is 0 Å². The molecular formula is C22H24N2O4. The molecule has 1 saturated heterocycles. The molecule has 6 nitrogen and oxygen atoms in total. The molecule has 6 heteroatoms. The molecule has 2 amide bonds. The van der Waals surface area contributed by atoms with Crippen LogP contribution in [0.25, 0.3) is 0 Å². The molecule has 1 aliphatic rings. The number of Topliss-reactive ketones (excluding diaryl/α,β-unsaturated/α-hetero) is 1. The number of hydrogen-bond donors (Lipinski definition) is 1. The quantitative estimate of drug-likeness (QED) is 0.744. The molecule has 3 rings (SSSR count). The number of hydrogen-bond acceptors (Lipinski definition) is 4. The smallest absolute Gasteiger partial charge is 0.229 e. The summed E-state index contributed by atoms with van der Waals surface area (Å²) in [5.41, 5.74) is 1.96. The van der Waals surface area contributed by atoms with Crippen LogP contribution in [0.3, 0.4) is 0 Å². The number of nitrogens with zero attached hydrogens (tertiary/aromatic N) is 1. The summed E-state index contributed by atoms with van der Waals surface area (Å²) >= 11 is 0. The topological polar surface area (TPSA) is 75.7 Å². The molecule has 1 atom stereocenters.